The van der Waals surface area contributed by atoms with Gasteiger partial charge < -0.3 is 15.2 Å². The van der Waals surface area contributed by atoms with Crippen LogP contribution in [-0.4, -0.2) is 25.3 Å². The minimum absolute atomic E-state index is 0. The van der Waals surface area contributed by atoms with Crippen molar-refractivity contribution < 1.29 is 9.84 Å². The molecule has 1 fully saturated rings. The molecule has 2 rings (SSSR count). The van der Waals surface area contributed by atoms with E-state index in [0.717, 1.165) is 18.7 Å². The molecule has 1 aromatic carbocycles. The highest BCUT2D eigenvalue weighted by molar-refractivity contribution is 6.30. The average molecular weight is 278 g/mol. The molecule has 5 heteroatoms. The summed E-state index contributed by atoms with van der Waals surface area (Å²) < 4.78 is 5.28. The molecule has 1 aliphatic heterocycles. The largest absolute Gasteiger partial charge is 0.496 e. The van der Waals surface area contributed by atoms with Crippen LogP contribution in [0.5, 0.6) is 5.75 Å². The first-order chi connectivity index (χ1) is 7.65. The molecule has 0 aliphatic carbocycles. The topological polar surface area (TPSA) is 41.5 Å². The quantitative estimate of drug-likeness (QED) is 0.872. The minimum Gasteiger partial charge on any atom is -0.496 e. The van der Waals surface area contributed by atoms with Gasteiger partial charge >= 0.3 is 0 Å². The summed E-state index contributed by atoms with van der Waals surface area (Å²) in [4.78, 5) is 0. The fourth-order valence-electron chi connectivity index (χ4n) is 2.16. The first-order valence-corrected chi connectivity index (χ1v) is 5.81. The van der Waals surface area contributed by atoms with Gasteiger partial charge in [0.15, 0.2) is 0 Å². The molecule has 0 aromatic heterocycles. The Morgan fingerprint density at radius 3 is 2.59 bits per heavy atom. The summed E-state index contributed by atoms with van der Waals surface area (Å²) in [6.07, 6.45) is 1.40. The molecule has 3 nitrogen and oxygen atoms in total. The van der Waals surface area contributed by atoms with E-state index in [1.165, 1.54) is 0 Å². The lowest BCUT2D eigenvalue weighted by Crippen LogP contribution is -2.39. The molecule has 1 heterocycles. The Labute approximate surface area is 113 Å². The molecule has 0 atom stereocenters. The smallest absolute Gasteiger partial charge is 0.126 e. The number of methoxy groups -OCH3 is 1. The maximum Gasteiger partial charge on any atom is 0.126 e. The summed E-state index contributed by atoms with van der Waals surface area (Å²) in [7, 11) is 1.60. The maximum atomic E-state index is 10.6. The van der Waals surface area contributed by atoms with Crippen molar-refractivity contribution in [2.45, 2.75) is 18.4 Å². The summed E-state index contributed by atoms with van der Waals surface area (Å²) in [6, 6.07) is 5.39. The van der Waals surface area contributed by atoms with Crippen molar-refractivity contribution >= 4 is 24.0 Å². The van der Waals surface area contributed by atoms with Gasteiger partial charge in [0.25, 0.3) is 0 Å². The Bertz CT molecular complexity index is 379. The zero-order valence-electron chi connectivity index (χ0n) is 9.70. The number of rotatable bonds is 2. The van der Waals surface area contributed by atoms with Gasteiger partial charge in [-0.3, -0.25) is 0 Å². The number of hydrogen-bond donors (Lipinski definition) is 2. The highest BCUT2D eigenvalue weighted by Gasteiger charge is 2.33. The summed E-state index contributed by atoms with van der Waals surface area (Å²) in [5, 5.41) is 14.4. The molecule has 17 heavy (non-hydrogen) atoms. The van der Waals surface area contributed by atoms with Crippen LogP contribution >= 0.6 is 24.0 Å². The Morgan fingerprint density at radius 2 is 2.00 bits per heavy atom. The van der Waals surface area contributed by atoms with Gasteiger partial charge in [0, 0.05) is 10.6 Å². The van der Waals surface area contributed by atoms with Gasteiger partial charge in [0.05, 0.1) is 12.7 Å². The van der Waals surface area contributed by atoms with Gasteiger partial charge in [-0.05, 0) is 38.1 Å². The second kappa shape index (κ2) is 5.91. The molecule has 1 aromatic rings. The first-order valence-electron chi connectivity index (χ1n) is 5.43. The number of hydrogen-bond acceptors (Lipinski definition) is 3. The molecule has 2 N–H and O–H groups in total. The predicted molar refractivity (Wildman–Crippen MR) is 71.3 cm³/mol. The van der Waals surface area contributed by atoms with Gasteiger partial charge in [-0.1, -0.05) is 17.7 Å². The zero-order chi connectivity index (χ0) is 11.6. The number of nitrogens with one attached hydrogen (secondary N) is 1. The van der Waals surface area contributed by atoms with Gasteiger partial charge in [-0.15, -0.1) is 12.4 Å². The van der Waals surface area contributed by atoms with Crippen molar-refractivity contribution in [2.24, 2.45) is 0 Å². The van der Waals surface area contributed by atoms with Crippen molar-refractivity contribution in [3.8, 4) is 5.75 Å². The van der Waals surface area contributed by atoms with E-state index in [9.17, 15) is 5.11 Å². The minimum atomic E-state index is -0.790. The lowest BCUT2D eigenvalue weighted by molar-refractivity contribution is 0.00394. The van der Waals surface area contributed by atoms with E-state index in [0.29, 0.717) is 23.6 Å². The Morgan fingerprint density at radius 1 is 1.35 bits per heavy atom. The zero-order valence-corrected chi connectivity index (χ0v) is 11.3. The van der Waals surface area contributed by atoms with Crippen molar-refractivity contribution in [2.75, 3.05) is 20.2 Å². The third-order valence-corrected chi connectivity index (χ3v) is 3.33. The molecule has 96 valence electrons. The van der Waals surface area contributed by atoms with Crippen LogP contribution in [0.2, 0.25) is 5.02 Å². The van der Waals surface area contributed by atoms with Crippen molar-refractivity contribution in [3.63, 3.8) is 0 Å². The van der Waals surface area contributed by atoms with Crippen LogP contribution in [0.15, 0.2) is 18.2 Å². The number of halogens is 2. The normalized spacial score (nSPS) is 18.3. The molecule has 0 bridgehead atoms. The van der Waals surface area contributed by atoms with E-state index in [1.54, 1.807) is 19.2 Å². The third kappa shape index (κ3) is 3.05. The highest BCUT2D eigenvalue weighted by Crippen LogP contribution is 2.37. The van der Waals surface area contributed by atoms with Crippen molar-refractivity contribution in [1.29, 1.82) is 0 Å². The Hall–Kier alpha value is -0.480. The molecule has 0 radical (unpaired) electrons. The molecule has 1 aliphatic rings. The summed E-state index contributed by atoms with van der Waals surface area (Å²) in [5.74, 6) is 0.664. The van der Waals surface area contributed by atoms with Crippen LogP contribution in [0.1, 0.15) is 18.4 Å². The highest BCUT2D eigenvalue weighted by atomic mass is 35.5. The van der Waals surface area contributed by atoms with Crippen LogP contribution < -0.4 is 10.1 Å². The third-order valence-electron chi connectivity index (χ3n) is 3.10. The van der Waals surface area contributed by atoms with Crippen LogP contribution in [0.3, 0.4) is 0 Å². The SMILES string of the molecule is COc1cc(Cl)ccc1C1(O)CCNCC1.Cl. The van der Waals surface area contributed by atoms with E-state index in [2.05, 4.69) is 5.32 Å². The number of ether oxygens (including phenoxy) is 1. The predicted octanol–water partition coefficient (Wildman–Crippen LogP) is 2.34. The van der Waals surface area contributed by atoms with Gasteiger partial charge in [0.1, 0.15) is 5.75 Å². The fourth-order valence-corrected chi connectivity index (χ4v) is 2.32. The Kier molecular flexibility index (Phi) is 5.07. The molecule has 0 unspecified atom stereocenters. The van der Waals surface area contributed by atoms with Crippen LogP contribution in [0.25, 0.3) is 0 Å². The second-order valence-electron chi connectivity index (χ2n) is 4.13. The molecule has 0 saturated carbocycles. The van der Waals surface area contributed by atoms with Crippen LogP contribution in [0, 0.1) is 0 Å². The molecule has 1 saturated heterocycles. The lowest BCUT2D eigenvalue weighted by Gasteiger charge is -2.34. The summed E-state index contributed by atoms with van der Waals surface area (Å²) in [6.45, 7) is 1.64. The molecular weight excluding hydrogens is 261 g/mol. The van der Waals surface area contributed by atoms with Crippen LogP contribution in [-0.2, 0) is 5.60 Å². The van der Waals surface area contributed by atoms with Crippen molar-refractivity contribution in [1.82, 2.24) is 5.32 Å². The van der Waals surface area contributed by atoms with Gasteiger partial charge in [-0.25, -0.2) is 0 Å². The van der Waals surface area contributed by atoms with Crippen LogP contribution in [0.4, 0.5) is 0 Å². The molecule has 0 amide bonds. The van der Waals surface area contributed by atoms with E-state index in [1.807, 2.05) is 6.07 Å². The van der Waals surface area contributed by atoms with E-state index >= 15 is 0 Å². The van der Waals surface area contributed by atoms with E-state index < -0.39 is 5.60 Å². The Balaban J connectivity index is 0.00000144. The summed E-state index contributed by atoms with van der Waals surface area (Å²) in [5.41, 5.74) is 0.0437. The van der Waals surface area contributed by atoms with E-state index in [-0.39, 0.29) is 12.4 Å². The first kappa shape index (κ1) is 14.6. The van der Waals surface area contributed by atoms with Gasteiger partial charge in [0.2, 0.25) is 0 Å². The summed E-state index contributed by atoms with van der Waals surface area (Å²) >= 11 is 5.91. The monoisotopic (exact) mass is 277 g/mol. The van der Waals surface area contributed by atoms with Crippen molar-refractivity contribution in [3.05, 3.63) is 28.8 Å². The standard InChI is InChI=1S/C12H16ClNO2.ClH/c1-16-11-8-9(13)2-3-10(11)12(15)4-6-14-7-5-12;/h2-3,8,14-15H,4-7H2,1H3;1H. The van der Waals surface area contributed by atoms with Gasteiger partial charge in [-0.2, -0.15) is 0 Å². The second-order valence-corrected chi connectivity index (χ2v) is 4.56. The number of piperidine rings is 1. The maximum absolute atomic E-state index is 10.6. The number of aliphatic hydroxyl groups is 1. The number of benzene rings is 1. The average Bonchev–Trinajstić information content (AvgIpc) is 2.29. The fraction of sp³-hybridized carbons (Fsp3) is 0.500. The molecular formula is C12H17Cl2NO2. The molecule has 0 spiro atoms. The van der Waals surface area contributed by atoms with E-state index in [4.69, 9.17) is 16.3 Å². The lowest BCUT2D eigenvalue weighted by atomic mass is 9.84.